The van der Waals surface area contributed by atoms with E-state index in [2.05, 4.69) is 50.4 Å². The Bertz CT molecular complexity index is 1490. The van der Waals surface area contributed by atoms with Crippen LogP contribution < -0.4 is 5.32 Å². The highest BCUT2D eigenvalue weighted by molar-refractivity contribution is 7.17. The number of hydrogen-bond donors (Lipinski definition) is 1. The quantitative estimate of drug-likeness (QED) is 0.250. The summed E-state index contributed by atoms with van der Waals surface area (Å²) in [7, 11) is 0. The second-order valence-electron chi connectivity index (χ2n) is 10.6. The molecule has 1 aliphatic rings. The van der Waals surface area contributed by atoms with Crippen LogP contribution in [0, 0.1) is 11.8 Å². The molecule has 0 aliphatic heterocycles. The van der Waals surface area contributed by atoms with Crippen molar-refractivity contribution in [3.8, 4) is 11.3 Å². The molecule has 0 fully saturated rings. The molecular weight excluding hydrogens is 492 g/mol. The van der Waals surface area contributed by atoms with Crippen molar-refractivity contribution in [1.82, 2.24) is 4.98 Å². The number of thiophene rings is 1. The number of amides is 1. The number of nitrogens with zero attached hydrogens (tertiary/aromatic N) is 1. The number of rotatable bonds is 7. The number of carbonyl (C=O) groups is 2. The molecule has 6 heteroatoms. The predicted octanol–water partition coefficient (Wildman–Crippen LogP) is 7.72. The second kappa shape index (κ2) is 11.1. The van der Waals surface area contributed by atoms with Crippen LogP contribution >= 0.6 is 11.3 Å². The summed E-state index contributed by atoms with van der Waals surface area (Å²) in [5, 5.41) is 4.44. The van der Waals surface area contributed by atoms with E-state index in [0.29, 0.717) is 34.6 Å². The zero-order chi connectivity index (χ0) is 26.8. The molecule has 1 atom stereocenters. The third-order valence-corrected chi connectivity index (χ3v) is 8.24. The summed E-state index contributed by atoms with van der Waals surface area (Å²) in [6.07, 6.45) is 3.78. The lowest BCUT2D eigenvalue weighted by Crippen LogP contribution is -2.17. The number of hydrogen-bond acceptors (Lipinski definition) is 5. The van der Waals surface area contributed by atoms with Gasteiger partial charge in [0.1, 0.15) is 5.00 Å². The molecule has 5 nitrogen and oxygen atoms in total. The van der Waals surface area contributed by atoms with Gasteiger partial charge in [-0.15, -0.1) is 11.3 Å². The molecule has 1 aliphatic carbocycles. The molecule has 1 N–H and O–H groups in total. The van der Waals surface area contributed by atoms with Crippen LogP contribution in [0.15, 0.2) is 54.6 Å². The molecule has 2 aromatic carbocycles. The monoisotopic (exact) mass is 526 g/mol. The number of pyridine rings is 1. The molecular formula is C32H34N2O3S. The predicted molar refractivity (Wildman–Crippen MR) is 155 cm³/mol. The highest BCUT2D eigenvalue weighted by Crippen LogP contribution is 2.40. The average molecular weight is 527 g/mol. The van der Waals surface area contributed by atoms with E-state index in [-0.39, 0.29) is 11.9 Å². The van der Waals surface area contributed by atoms with Crippen LogP contribution in [0.2, 0.25) is 0 Å². The van der Waals surface area contributed by atoms with Crippen molar-refractivity contribution >= 4 is 39.1 Å². The molecule has 0 spiro atoms. The maximum Gasteiger partial charge on any atom is 0.341 e. The number of anilines is 1. The minimum Gasteiger partial charge on any atom is -0.462 e. The Balaban J connectivity index is 1.53. The number of para-hydroxylation sites is 1. The van der Waals surface area contributed by atoms with Crippen LogP contribution in [-0.2, 0) is 24.0 Å². The van der Waals surface area contributed by atoms with E-state index in [4.69, 9.17) is 9.72 Å². The first-order valence-electron chi connectivity index (χ1n) is 13.5. The number of nitrogens with one attached hydrogen (secondary N) is 1. The van der Waals surface area contributed by atoms with Gasteiger partial charge in [0.05, 0.1) is 28.9 Å². The van der Waals surface area contributed by atoms with E-state index < -0.39 is 0 Å². The minimum absolute atomic E-state index is 0.251. The number of ether oxygens (including phenoxy) is 1. The van der Waals surface area contributed by atoms with Crippen molar-refractivity contribution in [2.75, 3.05) is 11.9 Å². The van der Waals surface area contributed by atoms with E-state index in [1.165, 1.54) is 21.8 Å². The fraction of sp³-hybridized carbons (Fsp3) is 0.344. The van der Waals surface area contributed by atoms with Gasteiger partial charge in [-0.05, 0) is 67.7 Å². The zero-order valence-corrected chi connectivity index (χ0v) is 23.3. The van der Waals surface area contributed by atoms with Crippen molar-refractivity contribution in [3.63, 3.8) is 0 Å². The largest absolute Gasteiger partial charge is 0.462 e. The molecule has 0 bridgehead atoms. The molecule has 5 rings (SSSR count). The highest BCUT2D eigenvalue weighted by Gasteiger charge is 2.29. The summed E-state index contributed by atoms with van der Waals surface area (Å²) in [6.45, 7) is 8.74. The SMILES string of the molecule is CCOC(=O)c1c(NC(=O)c2cc(-c3ccc(CC(C)C)cc3)nc3ccccc23)sc2c1CC[C@H](C)C2. The third kappa shape index (κ3) is 5.37. The van der Waals surface area contributed by atoms with Crippen LogP contribution in [0.25, 0.3) is 22.2 Å². The van der Waals surface area contributed by atoms with Gasteiger partial charge >= 0.3 is 5.97 Å². The molecule has 0 radical (unpaired) electrons. The number of esters is 1. The fourth-order valence-electron chi connectivity index (χ4n) is 5.22. The van der Waals surface area contributed by atoms with Crippen molar-refractivity contribution in [2.24, 2.45) is 11.8 Å². The highest BCUT2D eigenvalue weighted by atomic mass is 32.1. The van der Waals surface area contributed by atoms with Crippen LogP contribution in [0.1, 0.15) is 70.8 Å². The molecule has 38 heavy (non-hydrogen) atoms. The summed E-state index contributed by atoms with van der Waals surface area (Å²) in [4.78, 5) is 32.8. The second-order valence-corrected chi connectivity index (χ2v) is 11.7. The molecule has 2 aromatic heterocycles. The first-order chi connectivity index (χ1) is 18.3. The Labute approximate surface area is 228 Å². The molecule has 0 unspecified atom stereocenters. The van der Waals surface area contributed by atoms with E-state index in [9.17, 15) is 9.59 Å². The lowest BCUT2D eigenvalue weighted by atomic mass is 9.88. The van der Waals surface area contributed by atoms with Gasteiger partial charge in [0.25, 0.3) is 5.91 Å². The number of fused-ring (bicyclic) bond motifs is 2. The van der Waals surface area contributed by atoms with Gasteiger partial charge in [0.2, 0.25) is 0 Å². The van der Waals surface area contributed by atoms with Crippen LogP contribution in [0.4, 0.5) is 5.00 Å². The molecule has 2 heterocycles. The van der Waals surface area contributed by atoms with Crippen molar-refractivity contribution in [2.45, 2.75) is 53.4 Å². The zero-order valence-electron chi connectivity index (χ0n) is 22.5. The molecule has 196 valence electrons. The van der Waals surface area contributed by atoms with Gasteiger partial charge in [0.15, 0.2) is 0 Å². The Morgan fingerprint density at radius 3 is 2.63 bits per heavy atom. The smallest absolute Gasteiger partial charge is 0.341 e. The summed E-state index contributed by atoms with van der Waals surface area (Å²) < 4.78 is 5.39. The van der Waals surface area contributed by atoms with Crippen molar-refractivity contribution in [3.05, 3.63) is 81.7 Å². The Morgan fingerprint density at radius 2 is 1.89 bits per heavy atom. The summed E-state index contributed by atoms with van der Waals surface area (Å²) in [5.74, 6) is 0.522. The van der Waals surface area contributed by atoms with Gasteiger partial charge in [-0.3, -0.25) is 4.79 Å². The standard InChI is InChI=1S/C32H34N2O3S/c1-5-37-32(36)29-24-15-10-20(4)17-28(24)38-31(29)34-30(35)25-18-27(33-26-9-7-6-8-23(25)26)22-13-11-21(12-14-22)16-19(2)3/h6-9,11-14,18-20H,5,10,15-17H2,1-4H3,(H,34,35)/t20-/m0/s1. The van der Waals surface area contributed by atoms with Crippen molar-refractivity contribution < 1.29 is 14.3 Å². The Morgan fingerprint density at radius 1 is 1.13 bits per heavy atom. The third-order valence-electron chi connectivity index (χ3n) is 7.07. The van der Waals surface area contributed by atoms with E-state index in [1.54, 1.807) is 6.92 Å². The molecule has 0 saturated heterocycles. The van der Waals surface area contributed by atoms with Gasteiger partial charge < -0.3 is 10.1 Å². The number of carbonyl (C=O) groups excluding carboxylic acids is 2. The maximum atomic E-state index is 13.8. The first kappa shape index (κ1) is 26.1. The summed E-state index contributed by atoms with van der Waals surface area (Å²) in [5.41, 5.74) is 5.83. The fourth-order valence-corrected chi connectivity index (χ4v) is 6.62. The normalized spacial score (nSPS) is 14.9. The first-order valence-corrected chi connectivity index (χ1v) is 14.3. The lowest BCUT2D eigenvalue weighted by Gasteiger charge is -2.18. The van der Waals surface area contributed by atoms with Gasteiger partial charge in [0, 0.05) is 15.8 Å². The van der Waals surface area contributed by atoms with Crippen LogP contribution in [0.3, 0.4) is 0 Å². The summed E-state index contributed by atoms with van der Waals surface area (Å²) in [6, 6.07) is 18.0. The van der Waals surface area contributed by atoms with E-state index in [1.807, 2.05) is 30.3 Å². The molecule has 0 saturated carbocycles. The summed E-state index contributed by atoms with van der Waals surface area (Å²) >= 11 is 1.51. The van der Waals surface area contributed by atoms with Crippen LogP contribution in [-0.4, -0.2) is 23.5 Å². The Kier molecular flexibility index (Phi) is 7.61. The van der Waals surface area contributed by atoms with Gasteiger partial charge in [-0.1, -0.05) is 63.2 Å². The van der Waals surface area contributed by atoms with Crippen molar-refractivity contribution in [1.29, 1.82) is 0 Å². The number of aromatic nitrogens is 1. The average Bonchev–Trinajstić information content (AvgIpc) is 3.25. The topological polar surface area (TPSA) is 68.3 Å². The molecule has 1 amide bonds. The minimum atomic E-state index is -0.364. The maximum absolute atomic E-state index is 13.8. The van der Waals surface area contributed by atoms with Gasteiger partial charge in [-0.2, -0.15) is 0 Å². The van der Waals surface area contributed by atoms with E-state index >= 15 is 0 Å². The Hall–Kier alpha value is -3.51. The number of benzene rings is 2. The lowest BCUT2D eigenvalue weighted by molar-refractivity contribution is 0.0526. The van der Waals surface area contributed by atoms with Crippen LogP contribution in [0.5, 0.6) is 0 Å². The van der Waals surface area contributed by atoms with E-state index in [0.717, 1.165) is 53.4 Å². The molecule has 4 aromatic rings. The van der Waals surface area contributed by atoms with Gasteiger partial charge in [-0.25, -0.2) is 9.78 Å².